The topological polar surface area (TPSA) is 18.5 Å². The summed E-state index contributed by atoms with van der Waals surface area (Å²) in [6.45, 7) is -0.0625. The van der Waals surface area contributed by atoms with Gasteiger partial charge in [-0.1, -0.05) is 6.07 Å². The van der Waals surface area contributed by atoms with Gasteiger partial charge in [0.1, 0.15) is 18.2 Å². The van der Waals surface area contributed by atoms with Crippen molar-refractivity contribution in [3.8, 4) is 11.5 Å². The van der Waals surface area contributed by atoms with Crippen molar-refractivity contribution in [3.05, 3.63) is 59.2 Å². The van der Waals surface area contributed by atoms with Gasteiger partial charge in [-0.15, -0.1) is 11.6 Å². The van der Waals surface area contributed by atoms with Crippen molar-refractivity contribution >= 4 is 11.6 Å². The van der Waals surface area contributed by atoms with Crippen molar-refractivity contribution in [3.63, 3.8) is 0 Å². The van der Waals surface area contributed by atoms with Gasteiger partial charge in [0.05, 0.1) is 7.11 Å². The third-order valence-electron chi connectivity index (χ3n) is 2.79. The first kappa shape index (κ1) is 14.6. The molecule has 0 aliphatic heterocycles. The second-order valence-electron chi connectivity index (χ2n) is 4.14. The van der Waals surface area contributed by atoms with Crippen LogP contribution in [-0.2, 0) is 12.5 Å². The lowest BCUT2D eigenvalue weighted by Crippen LogP contribution is -2.00. The highest BCUT2D eigenvalue weighted by Crippen LogP contribution is 2.22. The fourth-order valence-electron chi connectivity index (χ4n) is 1.67. The van der Waals surface area contributed by atoms with Crippen LogP contribution in [0.1, 0.15) is 11.1 Å². The summed E-state index contributed by atoms with van der Waals surface area (Å²) in [5, 5.41) is 0. The Bertz CT molecular complexity index is 549. The first-order chi connectivity index (χ1) is 9.63. The molecule has 0 aliphatic carbocycles. The van der Waals surface area contributed by atoms with Crippen LogP contribution in [0.3, 0.4) is 0 Å². The minimum Gasteiger partial charge on any atom is -0.497 e. The monoisotopic (exact) mass is 298 g/mol. The SMILES string of the molecule is COc1ccc(COc2ccc(CCl)cc2F)c(F)c1. The van der Waals surface area contributed by atoms with Gasteiger partial charge in [0.25, 0.3) is 0 Å². The molecular formula is C15H13ClF2O2. The van der Waals surface area contributed by atoms with Crippen LogP contribution in [0.15, 0.2) is 36.4 Å². The quantitative estimate of drug-likeness (QED) is 0.767. The molecule has 0 atom stereocenters. The van der Waals surface area contributed by atoms with E-state index in [0.29, 0.717) is 16.9 Å². The Hall–Kier alpha value is -1.81. The Morgan fingerprint density at radius 3 is 2.45 bits per heavy atom. The van der Waals surface area contributed by atoms with E-state index in [4.69, 9.17) is 21.1 Å². The molecule has 0 saturated carbocycles. The number of hydrogen-bond donors (Lipinski definition) is 0. The number of halogens is 3. The average Bonchev–Trinajstić information content (AvgIpc) is 2.46. The predicted octanol–water partition coefficient (Wildman–Crippen LogP) is 4.29. The smallest absolute Gasteiger partial charge is 0.165 e. The van der Waals surface area contributed by atoms with Gasteiger partial charge in [0, 0.05) is 17.5 Å². The van der Waals surface area contributed by atoms with Crippen LogP contribution >= 0.6 is 11.6 Å². The molecule has 0 fully saturated rings. The number of alkyl halides is 1. The third kappa shape index (κ3) is 3.39. The zero-order valence-corrected chi connectivity index (χ0v) is 11.6. The molecule has 20 heavy (non-hydrogen) atoms. The Kier molecular flexibility index (Phi) is 4.79. The first-order valence-corrected chi connectivity index (χ1v) is 6.47. The number of methoxy groups -OCH3 is 1. The van der Waals surface area contributed by atoms with Crippen molar-refractivity contribution in [2.75, 3.05) is 7.11 Å². The van der Waals surface area contributed by atoms with Gasteiger partial charge in [-0.3, -0.25) is 0 Å². The van der Waals surface area contributed by atoms with Crippen LogP contribution in [0.25, 0.3) is 0 Å². The minimum absolute atomic E-state index is 0.0625. The zero-order chi connectivity index (χ0) is 14.5. The molecular weight excluding hydrogens is 286 g/mol. The molecule has 0 aliphatic rings. The van der Waals surface area contributed by atoms with Crippen molar-refractivity contribution in [2.45, 2.75) is 12.5 Å². The van der Waals surface area contributed by atoms with Gasteiger partial charge >= 0.3 is 0 Å². The number of ether oxygens (including phenoxy) is 2. The molecule has 0 amide bonds. The lowest BCUT2D eigenvalue weighted by Gasteiger charge is -2.09. The summed E-state index contributed by atoms with van der Waals surface area (Å²) in [4.78, 5) is 0. The molecule has 2 aromatic rings. The van der Waals surface area contributed by atoms with E-state index in [9.17, 15) is 8.78 Å². The molecule has 2 rings (SSSR count). The van der Waals surface area contributed by atoms with Crippen molar-refractivity contribution in [2.24, 2.45) is 0 Å². The molecule has 0 N–H and O–H groups in total. The van der Waals surface area contributed by atoms with Gasteiger partial charge in [0.15, 0.2) is 11.6 Å². The van der Waals surface area contributed by atoms with E-state index in [2.05, 4.69) is 0 Å². The summed E-state index contributed by atoms with van der Waals surface area (Å²) in [5.74, 6) is -0.262. The molecule has 0 unspecified atom stereocenters. The predicted molar refractivity (Wildman–Crippen MR) is 73.2 cm³/mol. The highest BCUT2D eigenvalue weighted by molar-refractivity contribution is 6.17. The molecule has 106 valence electrons. The van der Waals surface area contributed by atoms with E-state index in [-0.39, 0.29) is 18.2 Å². The molecule has 0 spiro atoms. The van der Waals surface area contributed by atoms with E-state index in [1.165, 1.54) is 25.3 Å². The van der Waals surface area contributed by atoms with E-state index in [1.807, 2.05) is 0 Å². The number of benzene rings is 2. The van der Waals surface area contributed by atoms with Crippen LogP contribution in [0, 0.1) is 11.6 Å². The molecule has 5 heteroatoms. The molecule has 0 bridgehead atoms. The van der Waals surface area contributed by atoms with Crippen molar-refractivity contribution in [1.82, 2.24) is 0 Å². The second-order valence-corrected chi connectivity index (χ2v) is 4.41. The Labute approximate surface area is 120 Å². The normalized spacial score (nSPS) is 10.4. The van der Waals surface area contributed by atoms with Gasteiger partial charge in [0.2, 0.25) is 0 Å². The maximum atomic E-state index is 13.7. The fourth-order valence-corrected chi connectivity index (χ4v) is 1.84. The van der Waals surface area contributed by atoms with Crippen LogP contribution in [0.4, 0.5) is 8.78 Å². The maximum Gasteiger partial charge on any atom is 0.165 e. The summed E-state index contributed by atoms with van der Waals surface area (Å²) < 4.78 is 37.5. The molecule has 2 aromatic carbocycles. The minimum atomic E-state index is -0.517. The second kappa shape index (κ2) is 6.57. The highest BCUT2D eigenvalue weighted by atomic mass is 35.5. The van der Waals surface area contributed by atoms with Crippen LogP contribution in [0.2, 0.25) is 0 Å². The summed E-state index contributed by atoms with van der Waals surface area (Å²) in [6.07, 6.45) is 0. The Balaban J connectivity index is 2.09. The van der Waals surface area contributed by atoms with Gasteiger partial charge in [-0.05, 0) is 29.8 Å². The first-order valence-electron chi connectivity index (χ1n) is 5.93. The van der Waals surface area contributed by atoms with Gasteiger partial charge in [-0.25, -0.2) is 8.78 Å². The zero-order valence-electron chi connectivity index (χ0n) is 10.8. The molecule has 0 aromatic heterocycles. The lowest BCUT2D eigenvalue weighted by molar-refractivity contribution is 0.284. The summed E-state index contributed by atoms with van der Waals surface area (Å²) >= 11 is 5.60. The number of hydrogen-bond acceptors (Lipinski definition) is 2. The Morgan fingerprint density at radius 2 is 1.85 bits per heavy atom. The lowest BCUT2D eigenvalue weighted by atomic mass is 10.2. The third-order valence-corrected chi connectivity index (χ3v) is 3.10. The molecule has 2 nitrogen and oxygen atoms in total. The molecule has 0 heterocycles. The van der Waals surface area contributed by atoms with Crippen LogP contribution < -0.4 is 9.47 Å². The highest BCUT2D eigenvalue weighted by Gasteiger charge is 2.08. The summed E-state index contributed by atoms with van der Waals surface area (Å²) in [5.41, 5.74) is 0.985. The van der Waals surface area contributed by atoms with Crippen LogP contribution in [0.5, 0.6) is 11.5 Å². The van der Waals surface area contributed by atoms with E-state index in [0.717, 1.165) is 0 Å². The fraction of sp³-hybridized carbons (Fsp3) is 0.200. The standard InChI is InChI=1S/C15H13ClF2O2/c1-19-12-4-3-11(13(17)7-12)9-20-15-5-2-10(8-16)6-14(15)18/h2-7H,8-9H2,1H3. The van der Waals surface area contributed by atoms with E-state index in [1.54, 1.807) is 18.2 Å². The van der Waals surface area contributed by atoms with Gasteiger partial charge < -0.3 is 9.47 Å². The largest absolute Gasteiger partial charge is 0.497 e. The van der Waals surface area contributed by atoms with Crippen LogP contribution in [-0.4, -0.2) is 7.11 Å². The summed E-state index contributed by atoms with van der Waals surface area (Å²) in [6, 6.07) is 8.86. The maximum absolute atomic E-state index is 13.7. The van der Waals surface area contributed by atoms with Gasteiger partial charge in [-0.2, -0.15) is 0 Å². The Morgan fingerprint density at radius 1 is 1.05 bits per heavy atom. The van der Waals surface area contributed by atoms with E-state index < -0.39 is 11.6 Å². The van der Waals surface area contributed by atoms with Crippen molar-refractivity contribution < 1.29 is 18.3 Å². The number of rotatable bonds is 5. The summed E-state index contributed by atoms with van der Waals surface area (Å²) in [7, 11) is 1.46. The molecule has 0 saturated heterocycles. The van der Waals surface area contributed by atoms with E-state index >= 15 is 0 Å². The average molecular weight is 299 g/mol. The molecule has 0 radical (unpaired) electrons. The van der Waals surface area contributed by atoms with Crippen molar-refractivity contribution in [1.29, 1.82) is 0 Å².